The van der Waals surface area contributed by atoms with Gasteiger partial charge in [-0.05, 0) is 49.3 Å². The molecule has 1 saturated heterocycles. The highest BCUT2D eigenvalue weighted by molar-refractivity contribution is 7.99. The summed E-state index contributed by atoms with van der Waals surface area (Å²) in [5.74, 6) is 0.244. The predicted molar refractivity (Wildman–Crippen MR) is 215 cm³/mol. The molecule has 0 spiro atoms. The van der Waals surface area contributed by atoms with Crippen LogP contribution in [0.5, 0.6) is 28.7 Å². The molecule has 2 amide bonds. The van der Waals surface area contributed by atoms with Crippen molar-refractivity contribution in [3.63, 3.8) is 0 Å². The van der Waals surface area contributed by atoms with Gasteiger partial charge in [-0.2, -0.15) is 17.0 Å². The Morgan fingerprint density at radius 1 is 1.12 bits per heavy atom. The number of piperazine rings is 1. The number of phenols is 1. The number of methoxy groups -OCH3 is 1. The topological polar surface area (TPSA) is 190 Å². The van der Waals surface area contributed by atoms with Gasteiger partial charge in [-0.15, -0.1) is 6.58 Å². The van der Waals surface area contributed by atoms with Crippen LogP contribution in [0.1, 0.15) is 74.9 Å². The molecule has 0 aliphatic carbocycles. The van der Waals surface area contributed by atoms with Gasteiger partial charge < -0.3 is 33.2 Å². The number of aryl methyl sites for hydroxylation is 1. The summed E-state index contributed by atoms with van der Waals surface area (Å²) in [6.45, 7) is 10.8. The number of benzene rings is 3. The quantitative estimate of drug-likeness (QED) is 0.0875. The Hall–Kier alpha value is -6.02. The highest BCUT2D eigenvalue weighted by Gasteiger charge is 2.61. The summed E-state index contributed by atoms with van der Waals surface area (Å²) in [7, 11) is 1.50. The number of hydrogen-bond donors (Lipinski definition) is 2. The van der Waals surface area contributed by atoms with Gasteiger partial charge in [0.15, 0.2) is 23.0 Å². The smallest absolute Gasteiger partial charge is 0.414 e. The molecule has 4 aliphatic heterocycles. The van der Waals surface area contributed by atoms with E-state index >= 15 is 0 Å². The van der Waals surface area contributed by atoms with Crippen molar-refractivity contribution in [1.29, 1.82) is 5.26 Å². The number of aromatic hydroxyl groups is 1. The number of amides is 2. The number of ether oxygens (including phenoxy) is 5. The fourth-order valence-electron chi connectivity index (χ4n) is 9.44. The summed E-state index contributed by atoms with van der Waals surface area (Å²) in [5.41, 5.74) is 2.80. The van der Waals surface area contributed by atoms with Crippen molar-refractivity contribution in [2.45, 2.75) is 69.6 Å². The number of para-hydroxylation sites is 1. The molecule has 16 heteroatoms. The number of nitrogens with zero attached hydrogens (tertiary/aromatic N) is 3. The lowest BCUT2D eigenvalue weighted by atomic mass is 9.71. The highest BCUT2D eigenvalue weighted by atomic mass is 32.2. The number of thioether (sulfide) groups is 1. The number of esters is 1. The molecule has 3 aromatic carbocycles. The Morgan fingerprint density at radius 2 is 1.88 bits per heavy atom. The third-order valence-corrected chi connectivity index (χ3v) is 12.7. The van der Waals surface area contributed by atoms with E-state index in [1.165, 1.54) is 20.1 Å². The van der Waals surface area contributed by atoms with E-state index in [4.69, 9.17) is 28.1 Å². The lowest BCUT2D eigenvalue weighted by Gasteiger charge is -2.62. The van der Waals surface area contributed by atoms with E-state index in [9.17, 15) is 29.5 Å². The number of alkyl carbamates (subject to hydrolysis) is 1. The molecule has 59 heavy (non-hydrogen) atoms. The van der Waals surface area contributed by atoms with Crippen LogP contribution in [0, 0.1) is 25.2 Å². The maximum Gasteiger partial charge on any atom is 0.414 e. The van der Waals surface area contributed by atoms with E-state index in [2.05, 4.69) is 22.9 Å². The zero-order valence-electron chi connectivity index (χ0n) is 33.0. The minimum Gasteiger partial charge on any atom is -0.504 e. The molecule has 15 nitrogen and oxygen atoms in total. The van der Waals surface area contributed by atoms with Crippen LogP contribution in [-0.2, 0) is 16.0 Å². The van der Waals surface area contributed by atoms with Gasteiger partial charge >= 0.3 is 17.7 Å². The van der Waals surface area contributed by atoms with Crippen LogP contribution in [0.25, 0.3) is 11.0 Å². The summed E-state index contributed by atoms with van der Waals surface area (Å²) < 4.78 is 35.1. The van der Waals surface area contributed by atoms with Crippen LogP contribution in [-0.4, -0.2) is 83.8 Å². The largest absolute Gasteiger partial charge is 0.504 e. The number of nitrogens with one attached hydrogen (secondary N) is 1. The SMILES string of the molecule is C=CCN1C2c3c(cc(C)c(OC)c3O)C[C@H]1[C@H](C#N)N1C2[C@H](SCC)c2c(OC(C)=O)c(C)c3c(c2[C@@H]1COC(=O)NC(=O)c1cc2ccccc2oc1=O)OCO3. The maximum absolute atomic E-state index is 13.6. The molecule has 4 aliphatic rings. The molecule has 6 atom stereocenters. The second-order valence-corrected chi connectivity index (χ2v) is 16.1. The number of nitriles is 1. The average Bonchev–Trinajstić information content (AvgIpc) is 3.69. The monoisotopic (exact) mass is 822 g/mol. The minimum atomic E-state index is -1.16. The van der Waals surface area contributed by atoms with Crippen LogP contribution < -0.4 is 29.9 Å². The molecule has 0 saturated carbocycles. The van der Waals surface area contributed by atoms with Crippen molar-refractivity contribution in [3.05, 3.63) is 98.4 Å². The summed E-state index contributed by atoms with van der Waals surface area (Å²) in [6, 6.07) is 9.12. The fraction of sp³-hybridized carbons (Fsp3) is 0.372. The maximum atomic E-state index is 13.6. The van der Waals surface area contributed by atoms with Crippen LogP contribution in [0.3, 0.4) is 0 Å². The van der Waals surface area contributed by atoms with E-state index in [1.807, 2.05) is 24.8 Å². The third kappa shape index (κ3) is 6.44. The molecule has 4 aromatic rings. The Morgan fingerprint density at radius 3 is 2.59 bits per heavy atom. The van der Waals surface area contributed by atoms with E-state index in [-0.39, 0.29) is 23.9 Å². The molecular weight excluding hydrogens is 781 g/mol. The number of rotatable bonds is 9. The fourth-order valence-corrected chi connectivity index (χ4v) is 10.7. The lowest BCUT2D eigenvalue weighted by Crippen LogP contribution is -2.70. The zero-order chi connectivity index (χ0) is 41.9. The Balaban J connectivity index is 1.30. The van der Waals surface area contributed by atoms with Crippen molar-refractivity contribution >= 4 is 40.7 Å². The molecule has 5 heterocycles. The molecule has 2 unspecified atom stereocenters. The number of imide groups is 1. The molecule has 2 bridgehead atoms. The predicted octanol–water partition coefficient (Wildman–Crippen LogP) is 5.92. The van der Waals surface area contributed by atoms with Gasteiger partial charge in [0.2, 0.25) is 6.79 Å². The highest BCUT2D eigenvalue weighted by Crippen LogP contribution is 2.64. The second kappa shape index (κ2) is 15.6. The van der Waals surface area contributed by atoms with Gasteiger partial charge in [-0.3, -0.25) is 24.7 Å². The molecule has 306 valence electrons. The van der Waals surface area contributed by atoms with E-state index in [1.54, 1.807) is 49.0 Å². The standard InChI is InChI=1S/C43H42N4O11S/c1-7-13-46-26-16-24-14-20(3)36(53-6)35(49)30(24)33(46)34-40(59-8-2)32-31(39-38(55-19-56-39)21(4)37(32)57-22(5)48)28(47(34)27(26)17-44)18-54-43(52)45-41(50)25-15-23-11-9-10-12-29(23)58-42(25)51/h7,9-12,14-15,26-28,33-34,40,49H,1,8,13,16,18-19H2,2-6H3,(H,45,50,52)/t26-,27-,28-,33?,34?,40+/m0/s1. The first-order valence-electron chi connectivity index (χ1n) is 19.1. The Labute approximate surface area is 343 Å². The zero-order valence-corrected chi connectivity index (χ0v) is 33.8. The van der Waals surface area contributed by atoms with E-state index in [0.29, 0.717) is 63.6 Å². The van der Waals surface area contributed by atoms with Gasteiger partial charge in [-0.25, -0.2) is 9.59 Å². The Bertz CT molecular complexity index is 2530. The van der Waals surface area contributed by atoms with Crippen molar-refractivity contribution in [3.8, 4) is 34.8 Å². The van der Waals surface area contributed by atoms with Gasteiger partial charge in [0, 0.05) is 53.2 Å². The summed E-state index contributed by atoms with van der Waals surface area (Å²) >= 11 is 1.57. The van der Waals surface area contributed by atoms with Crippen LogP contribution in [0.2, 0.25) is 0 Å². The number of fused-ring (bicyclic) bond motifs is 10. The van der Waals surface area contributed by atoms with Gasteiger partial charge in [0.1, 0.15) is 29.5 Å². The number of hydrogen-bond acceptors (Lipinski definition) is 15. The van der Waals surface area contributed by atoms with Crippen molar-refractivity contribution in [1.82, 2.24) is 15.1 Å². The van der Waals surface area contributed by atoms with Gasteiger partial charge in [0.05, 0.1) is 30.5 Å². The van der Waals surface area contributed by atoms with Crippen LogP contribution in [0.4, 0.5) is 4.79 Å². The van der Waals surface area contributed by atoms with E-state index < -0.39 is 71.2 Å². The number of phenolic OH excluding ortho intramolecular Hbond substituents is 1. The molecule has 0 radical (unpaired) electrons. The van der Waals surface area contributed by atoms with Gasteiger partial charge in [0.25, 0.3) is 5.91 Å². The minimum absolute atomic E-state index is 0.0210. The normalized spacial score (nSPS) is 22.6. The summed E-state index contributed by atoms with van der Waals surface area (Å²) in [6.07, 6.45) is 0.995. The lowest BCUT2D eigenvalue weighted by molar-refractivity contribution is -0.132. The summed E-state index contributed by atoms with van der Waals surface area (Å²) in [4.78, 5) is 56.8. The van der Waals surface area contributed by atoms with E-state index in [0.717, 1.165) is 11.1 Å². The molecule has 2 N–H and O–H groups in total. The molecule has 8 rings (SSSR count). The number of carbonyl (C=O) groups is 3. The first kappa shape index (κ1) is 39.8. The molecule has 1 aromatic heterocycles. The summed E-state index contributed by atoms with van der Waals surface area (Å²) in [5, 5.41) is 25.4. The second-order valence-electron chi connectivity index (χ2n) is 14.7. The third-order valence-electron chi connectivity index (χ3n) is 11.5. The number of carbonyl (C=O) groups excluding carboxylic acids is 3. The van der Waals surface area contributed by atoms with Crippen molar-refractivity contribution in [2.75, 3.05) is 32.8 Å². The molecular formula is C43H42N4O11S. The first-order valence-corrected chi connectivity index (χ1v) is 20.2. The van der Waals surface area contributed by atoms with Gasteiger partial charge in [-0.1, -0.05) is 37.3 Å². The first-order chi connectivity index (χ1) is 28.4. The molecule has 1 fully saturated rings. The van der Waals surface area contributed by atoms with Crippen LogP contribution in [0.15, 0.2) is 58.3 Å². The van der Waals surface area contributed by atoms with Crippen molar-refractivity contribution < 1.29 is 47.6 Å². The average molecular weight is 823 g/mol. The van der Waals surface area contributed by atoms with Crippen molar-refractivity contribution in [2.24, 2.45) is 0 Å². The Kier molecular flexibility index (Phi) is 10.5. The van der Waals surface area contributed by atoms with Crippen LogP contribution >= 0.6 is 11.8 Å².